The Bertz CT molecular complexity index is 434. The van der Waals surface area contributed by atoms with Gasteiger partial charge in [0.15, 0.2) is 17.7 Å². The number of ether oxygens (including phenoxy) is 1. The van der Waals surface area contributed by atoms with Crippen LogP contribution in [0.5, 0.6) is 5.75 Å². The number of methoxy groups -OCH3 is 1. The normalized spacial score (nSPS) is 12.6. The zero-order valence-corrected chi connectivity index (χ0v) is 8.65. The summed E-state index contributed by atoms with van der Waals surface area (Å²) >= 11 is 0. The molecule has 1 unspecified atom stereocenters. The fraction of sp³-hybridized carbons (Fsp3) is 0.300. The largest absolute Gasteiger partial charge is 0.493 e. The van der Waals surface area contributed by atoms with Crippen LogP contribution in [0.25, 0.3) is 0 Å². The van der Waals surface area contributed by atoms with Gasteiger partial charge in [-0.05, 0) is 12.1 Å². The van der Waals surface area contributed by atoms with Crippen LogP contribution in [0.2, 0.25) is 0 Å². The number of alkyl halides is 2. The van der Waals surface area contributed by atoms with Crippen LogP contribution in [-0.4, -0.2) is 23.3 Å². The maximum Gasteiger partial charge on any atom is 0.337 e. The summed E-state index contributed by atoms with van der Waals surface area (Å²) in [5, 5.41) is 17.8. The summed E-state index contributed by atoms with van der Waals surface area (Å²) < 4.78 is 42.7. The van der Waals surface area contributed by atoms with Gasteiger partial charge in [0.25, 0.3) is 6.43 Å². The topological polar surface area (TPSA) is 66.8 Å². The molecule has 0 heterocycles. The number of rotatable bonds is 4. The van der Waals surface area contributed by atoms with Crippen LogP contribution in [-0.2, 0) is 4.79 Å². The highest BCUT2D eigenvalue weighted by Gasteiger charge is 2.25. The highest BCUT2D eigenvalue weighted by molar-refractivity contribution is 5.75. The highest BCUT2D eigenvalue weighted by atomic mass is 19.3. The first-order valence-corrected chi connectivity index (χ1v) is 4.44. The van der Waals surface area contributed by atoms with Crippen molar-refractivity contribution in [1.29, 1.82) is 0 Å². The van der Waals surface area contributed by atoms with Crippen LogP contribution >= 0.6 is 0 Å². The number of aliphatic carboxylic acids is 1. The Morgan fingerprint density at radius 2 is 2.00 bits per heavy atom. The smallest absolute Gasteiger partial charge is 0.337 e. The maximum atomic E-state index is 13.3. The first-order chi connectivity index (χ1) is 7.88. The second-order valence-electron chi connectivity index (χ2n) is 3.17. The average molecular weight is 250 g/mol. The maximum absolute atomic E-state index is 13.3. The molecule has 4 nitrogen and oxygen atoms in total. The number of hydrogen-bond donors (Lipinski definition) is 2. The third-order valence-corrected chi connectivity index (χ3v) is 2.08. The summed E-state index contributed by atoms with van der Waals surface area (Å²) in [6.45, 7) is 0. The van der Waals surface area contributed by atoms with Gasteiger partial charge >= 0.3 is 5.97 Å². The summed E-state index contributed by atoms with van der Waals surface area (Å²) in [5.74, 6) is -3.40. The molecule has 0 fully saturated rings. The van der Waals surface area contributed by atoms with E-state index in [1.165, 1.54) is 0 Å². The van der Waals surface area contributed by atoms with Crippen molar-refractivity contribution in [3.8, 4) is 5.75 Å². The molecule has 0 saturated carbocycles. The highest BCUT2D eigenvalue weighted by Crippen LogP contribution is 2.33. The van der Waals surface area contributed by atoms with E-state index < -0.39 is 41.2 Å². The number of hydrogen-bond acceptors (Lipinski definition) is 3. The van der Waals surface area contributed by atoms with Gasteiger partial charge in [0.2, 0.25) is 0 Å². The molecule has 1 aromatic carbocycles. The quantitative estimate of drug-likeness (QED) is 0.856. The fourth-order valence-electron chi connectivity index (χ4n) is 1.31. The van der Waals surface area contributed by atoms with Crippen molar-refractivity contribution < 1.29 is 32.9 Å². The molecule has 1 atom stereocenters. The van der Waals surface area contributed by atoms with Gasteiger partial charge in [0.05, 0.1) is 7.11 Å². The molecular weight excluding hydrogens is 241 g/mol. The number of carboxylic acid groups (broad SMARTS) is 1. The Kier molecular flexibility index (Phi) is 3.95. The van der Waals surface area contributed by atoms with Crippen molar-refractivity contribution in [1.82, 2.24) is 0 Å². The molecule has 0 bridgehead atoms. The summed E-state index contributed by atoms with van der Waals surface area (Å²) in [6.07, 6.45) is -5.10. The van der Waals surface area contributed by atoms with Crippen LogP contribution in [0.4, 0.5) is 13.2 Å². The lowest BCUT2D eigenvalue weighted by Gasteiger charge is -2.14. The molecule has 0 aromatic heterocycles. The van der Waals surface area contributed by atoms with E-state index in [1.807, 2.05) is 0 Å². The molecule has 1 rings (SSSR count). The Morgan fingerprint density at radius 3 is 2.41 bits per heavy atom. The molecule has 1 aromatic rings. The minimum absolute atomic E-state index is 0.529. The van der Waals surface area contributed by atoms with Crippen LogP contribution in [0.1, 0.15) is 23.7 Å². The minimum Gasteiger partial charge on any atom is -0.493 e. The molecule has 0 amide bonds. The lowest BCUT2D eigenvalue weighted by atomic mass is 10.0. The van der Waals surface area contributed by atoms with E-state index in [0.29, 0.717) is 12.1 Å². The zero-order chi connectivity index (χ0) is 13.2. The SMILES string of the molecule is COc1c(F)cc(C(F)F)cc1C(O)C(=O)O. The predicted molar refractivity (Wildman–Crippen MR) is 50.5 cm³/mol. The Balaban J connectivity index is 3.38. The number of halogens is 3. The number of carbonyl (C=O) groups is 1. The van der Waals surface area contributed by atoms with Crippen LogP contribution < -0.4 is 4.74 Å². The summed E-state index contributed by atoms with van der Waals surface area (Å²) in [4.78, 5) is 10.5. The first-order valence-electron chi connectivity index (χ1n) is 4.44. The van der Waals surface area contributed by atoms with Gasteiger partial charge in [-0.25, -0.2) is 18.0 Å². The minimum atomic E-state index is -2.98. The molecule has 0 aliphatic heterocycles. The summed E-state index contributed by atoms with van der Waals surface area (Å²) in [5.41, 5.74) is -1.27. The number of carboxylic acids is 1. The molecule has 0 saturated heterocycles. The molecule has 0 aliphatic carbocycles. The van der Waals surface area contributed by atoms with Gasteiger partial charge < -0.3 is 14.9 Å². The van der Waals surface area contributed by atoms with E-state index in [-0.39, 0.29) is 0 Å². The third kappa shape index (κ3) is 2.68. The van der Waals surface area contributed by atoms with Crippen molar-refractivity contribution in [3.63, 3.8) is 0 Å². The zero-order valence-electron chi connectivity index (χ0n) is 8.65. The van der Waals surface area contributed by atoms with E-state index in [1.54, 1.807) is 0 Å². The standard InChI is InChI=1S/C10H9F3O4/c1-17-8-5(7(14)10(15)16)2-4(9(12)13)3-6(8)11/h2-3,7,9,14H,1H3,(H,15,16). The first kappa shape index (κ1) is 13.3. The van der Waals surface area contributed by atoms with Gasteiger partial charge in [0, 0.05) is 11.1 Å². The van der Waals surface area contributed by atoms with E-state index >= 15 is 0 Å². The van der Waals surface area contributed by atoms with Gasteiger partial charge in [0.1, 0.15) is 0 Å². The molecule has 0 aliphatic rings. The molecular formula is C10H9F3O4. The Morgan fingerprint density at radius 1 is 1.41 bits per heavy atom. The summed E-state index contributed by atoms with van der Waals surface area (Å²) in [7, 11) is 1.04. The number of aliphatic hydroxyl groups is 1. The Labute approximate surface area is 94.3 Å². The molecule has 2 N–H and O–H groups in total. The van der Waals surface area contributed by atoms with Crippen molar-refractivity contribution in [2.24, 2.45) is 0 Å². The van der Waals surface area contributed by atoms with E-state index in [4.69, 9.17) is 5.11 Å². The predicted octanol–water partition coefficient (Wildman–Crippen LogP) is 1.89. The molecule has 0 spiro atoms. The number of benzene rings is 1. The molecule has 17 heavy (non-hydrogen) atoms. The van der Waals surface area contributed by atoms with Crippen LogP contribution in [0.3, 0.4) is 0 Å². The third-order valence-electron chi connectivity index (χ3n) is 2.08. The monoisotopic (exact) mass is 250 g/mol. The van der Waals surface area contributed by atoms with E-state index in [2.05, 4.69) is 4.74 Å². The van der Waals surface area contributed by atoms with Crippen molar-refractivity contribution in [2.75, 3.05) is 7.11 Å². The molecule has 0 radical (unpaired) electrons. The van der Waals surface area contributed by atoms with Crippen molar-refractivity contribution in [3.05, 3.63) is 29.1 Å². The van der Waals surface area contributed by atoms with Crippen molar-refractivity contribution in [2.45, 2.75) is 12.5 Å². The second-order valence-corrected chi connectivity index (χ2v) is 3.17. The average Bonchev–Trinajstić information content (AvgIpc) is 2.26. The molecule has 94 valence electrons. The number of aliphatic hydroxyl groups excluding tert-OH is 1. The lowest BCUT2D eigenvalue weighted by molar-refractivity contribution is -0.147. The van der Waals surface area contributed by atoms with Gasteiger partial charge in [-0.2, -0.15) is 0 Å². The second kappa shape index (κ2) is 5.05. The van der Waals surface area contributed by atoms with Gasteiger partial charge in [-0.1, -0.05) is 0 Å². The van der Waals surface area contributed by atoms with E-state index in [9.17, 15) is 23.1 Å². The lowest BCUT2D eigenvalue weighted by Crippen LogP contribution is -2.13. The van der Waals surface area contributed by atoms with Gasteiger partial charge in [-0.3, -0.25) is 0 Å². The summed E-state index contributed by atoms with van der Waals surface area (Å²) in [6, 6.07) is 1.23. The van der Waals surface area contributed by atoms with Gasteiger partial charge in [-0.15, -0.1) is 0 Å². The molecule has 7 heteroatoms. The Hall–Kier alpha value is -1.76. The fourth-order valence-corrected chi connectivity index (χ4v) is 1.31. The van der Waals surface area contributed by atoms with E-state index in [0.717, 1.165) is 7.11 Å². The van der Waals surface area contributed by atoms with Crippen LogP contribution in [0.15, 0.2) is 12.1 Å². The van der Waals surface area contributed by atoms with Crippen molar-refractivity contribution >= 4 is 5.97 Å². The van der Waals surface area contributed by atoms with Crippen LogP contribution in [0, 0.1) is 5.82 Å².